The first kappa shape index (κ1) is 12.5. The molecule has 0 saturated heterocycles. The number of anilines is 1. The number of ether oxygens (including phenoxy) is 1. The second kappa shape index (κ2) is 4.95. The molecule has 1 aromatic carbocycles. The summed E-state index contributed by atoms with van der Waals surface area (Å²) in [7, 11) is -2.56. The number of methoxy groups -OCH3 is 1. The number of hydrazone groups is 1. The molecule has 1 aromatic rings. The van der Waals surface area contributed by atoms with Crippen LogP contribution >= 0.6 is 0 Å². The molecule has 0 atom stereocenters. The number of rotatable bonds is 3. The smallest absolute Gasteiger partial charge is 0.318 e. The summed E-state index contributed by atoms with van der Waals surface area (Å²) < 4.78 is 28.1. The van der Waals surface area contributed by atoms with E-state index in [2.05, 4.69) is 5.10 Å². The first-order valence-electron chi connectivity index (χ1n) is 4.42. The van der Waals surface area contributed by atoms with E-state index in [0.29, 0.717) is 10.1 Å². The van der Waals surface area contributed by atoms with Gasteiger partial charge in [-0.15, -0.1) is 9.52 Å². The van der Waals surface area contributed by atoms with Crippen molar-refractivity contribution in [1.29, 1.82) is 0 Å². The van der Waals surface area contributed by atoms with Gasteiger partial charge in [0.15, 0.2) is 0 Å². The Kier molecular flexibility index (Phi) is 3.86. The molecule has 0 heterocycles. The monoisotopic (exact) mass is 243 g/mol. The van der Waals surface area contributed by atoms with E-state index in [1.54, 1.807) is 30.3 Å². The van der Waals surface area contributed by atoms with Crippen LogP contribution in [-0.2, 0) is 14.9 Å². The number of nitrogens with zero attached hydrogens (tertiary/aromatic N) is 2. The van der Waals surface area contributed by atoms with Crippen molar-refractivity contribution in [3.63, 3.8) is 0 Å². The van der Waals surface area contributed by atoms with E-state index in [1.807, 2.05) is 0 Å². The number of nitrogens with two attached hydrogens (primary N) is 1. The van der Waals surface area contributed by atoms with Crippen LogP contribution in [0.4, 0.5) is 5.69 Å². The van der Waals surface area contributed by atoms with Crippen molar-refractivity contribution in [1.82, 2.24) is 0 Å². The molecular formula is C9H13N3O3S. The van der Waals surface area contributed by atoms with Crippen LogP contribution in [0.25, 0.3) is 0 Å². The van der Waals surface area contributed by atoms with Gasteiger partial charge in [-0.25, -0.2) is 5.14 Å². The van der Waals surface area contributed by atoms with Crippen LogP contribution in [-0.4, -0.2) is 21.4 Å². The maximum absolute atomic E-state index is 11.3. The predicted molar refractivity (Wildman–Crippen MR) is 62.1 cm³/mol. The fourth-order valence-electron chi connectivity index (χ4n) is 0.986. The number of hydrogen-bond acceptors (Lipinski definition) is 4. The third kappa shape index (κ3) is 3.21. The maximum atomic E-state index is 11.3. The van der Waals surface area contributed by atoms with Crippen molar-refractivity contribution in [3.05, 3.63) is 30.3 Å². The minimum Gasteiger partial charge on any atom is -0.483 e. The van der Waals surface area contributed by atoms with Crippen LogP contribution in [0.5, 0.6) is 0 Å². The fourth-order valence-corrected chi connectivity index (χ4v) is 1.63. The molecule has 6 nitrogen and oxygen atoms in total. The van der Waals surface area contributed by atoms with Crippen LogP contribution in [0.1, 0.15) is 6.92 Å². The van der Waals surface area contributed by atoms with Crippen molar-refractivity contribution < 1.29 is 13.2 Å². The second-order valence-electron chi connectivity index (χ2n) is 2.95. The molecule has 0 fully saturated rings. The summed E-state index contributed by atoms with van der Waals surface area (Å²) in [6.07, 6.45) is 0. The zero-order valence-electron chi connectivity index (χ0n) is 8.99. The predicted octanol–water partition coefficient (Wildman–Crippen LogP) is 0.676. The molecular weight excluding hydrogens is 230 g/mol. The molecule has 0 aromatic heterocycles. The van der Waals surface area contributed by atoms with Gasteiger partial charge in [-0.3, -0.25) is 0 Å². The first-order valence-corrected chi connectivity index (χ1v) is 5.93. The molecule has 0 spiro atoms. The third-order valence-corrected chi connectivity index (χ3v) is 2.52. The highest BCUT2D eigenvalue weighted by atomic mass is 32.2. The minimum atomic E-state index is -3.96. The zero-order chi connectivity index (χ0) is 12.2. The maximum Gasteiger partial charge on any atom is 0.318 e. The highest BCUT2D eigenvalue weighted by molar-refractivity contribution is 7.90. The van der Waals surface area contributed by atoms with E-state index in [-0.39, 0.29) is 5.90 Å². The van der Waals surface area contributed by atoms with Gasteiger partial charge < -0.3 is 4.74 Å². The molecule has 0 radical (unpaired) electrons. The summed E-state index contributed by atoms with van der Waals surface area (Å²) in [5.74, 6) is 0.192. The SMILES string of the molecule is CO/C(C)=N\N(c1ccccc1)S(N)(=O)=O. The quantitative estimate of drug-likeness (QED) is 0.481. The summed E-state index contributed by atoms with van der Waals surface area (Å²) in [6, 6.07) is 8.29. The van der Waals surface area contributed by atoms with Crippen molar-refractivity contribution in [2.75, 3.05) is 11.5 Å². The van der Waals surface area contributed by atoms with Gasteiger partial charge in [0.25, 0.3) is 0 Å². The number of hydrogen-bond donors (Lipinski definition) is 1. The molecule has 0 aliphatic heterocycles. The van der Waals surface area contributed by atoms with Gasteiger partial charge in [-0.2, -0.15) is 8.42 Å². The lowest BCUT2D eigenvalue weighted by atomic mass is 10.3. The number of benzene rings is 1. The normalized spacial score (nSPS) is 12.3. The topological polar surface area (TPSA) is 85.0 Å². The lowest BCUT2D eigenvalue weighted by molar-refractivity contribution is 0.398. The Bertz CT molecular complexity index is 470. The molecule has 16 heavy (non-hydrogen) atoms. The van der Waals surface area contributed by atoms with Gasteiger partial charge >= 0.3 is 10.2 Å². The van der Waals surface area contributed by atoms with Gasteiger partial charge in [0, 0.05) is 6.92 Å². The lowest BCUT2D eigenvalue weighted by Gasteiger charge is -2.16. The largest absolute Gasteiger partial charge is 0.483 e. The van der Waals surface area contributed by atoms with E-state index in [0.717, 1.165) is 0 Å². The molecule has 2 N–H and O–H groups in total. The lowest BCUT2D eigenvalue weighted by Crippen LogP contribution is -2.33. The van der Waals surface area contributed by atoms with E-state index < -0.39 is 10.2 Å². The molecule has 0 saturated carbocycles. The molecule has 0 unspecified atom stereocenters. The van der Waals surface area contributed by atoms with Crippen LogP contribution < -0.4 is 9.55 Å². The first-order chi connectivity index (χ1) is 7.45. The summed E-state index contributed by atoms with van der Waals surface area (Å²) in [5.41, 5.74) is 0.349. The van der Waals surface area contributed by atoms with Gasteiger partial charge in [0.2, 0.25) is 5.90 Å². The molecule has 0 bridgehead atoms. The zero-order valence-corrected chi connectivity index (χ0v) is 9.81. The average Bonchev–Trinajstić information content (AvgIpc) is 2.25. The molecule has 7 heteroatoms. The number of para-hydroxylation sites is 1. The van der Waals surface area contributed by atoms with Crippen molar-refractivity contribution in [3.8, 4) is 0 Å². The molecule has 0 aliphatic carbocycles. The van der Waals surface area contributed by atoms with Gasteiger partial charge in [0.1, 0.15) is 0 Å². The molecule has 1 rings (SSSR count). The van der Waals surface area contributed by atoms with Crippen LogP contribution in [0, 0.1) is 0 Å². The van der Waals surface area contributed by atoms with E-state index in [9.17, 15) is 8.42 Å². The Morgan fingerprint density at radius 1 is 1.38 bits per heavy atom. The molecule has 0 amide bonds. The Labute approximate surface area is 94.5 Å². The van der Waals surface area contributed by atoms with E-state index in [4.69, 9.17) is 9.88 Å². The molecule has 0 aliphatic rings. The Morgan fingerprint density at radius 3 is 2.38 bits per heavy atom. The van der Waals surface area contributed by atoms with Gasteiger partial charge in [-0.1, -0.05) is 18.2 Å². The summed E-state index contributed by atoms with van der Waals surface area (Å²) in [5, 5.41) is 8.80. The summed E-state index contributed by atoms with van der Waals surface area (Å²) in [6.45, 7) is 1.53. The van der Waals surface area contributed by atoms with Crippen LogP contribution in [0.2, 0.25) is 0 Å². The minimum absolute atomic E-state index is 0.192. The fraction of sp³-hybridized carbons (Fsp3) is 0.222. The van der Waals surface area contributed by atoms with Gasteiger partial charge in [0.05, 0.1) is 12.8 Å². The van der Waals surface area contributed by atoms with E-state index in [1.165, 1.54) is 14.0 Å². The standard InChI is InChI=1S/C9H13N3O3S/c1-8(15-2)11-12(16(10,13)14)9-6-4-3-5-7-9/h3-7H,1-2H3,(H2,10,13,14)/b11-8-. The highest BCUT2D eigenvalue weighted by Gasteiger charge is 2.17. The Hall–Kier alpha value is -1.60. The average molecular weight is 243 g/mol. The van der Waals surface area contributed by atoms with Crippen molar-refractivity contribution >= 4 is 21.8 Å². The second-order valence-corrected chi connectivity index (χ2v) is 4.32. The molecule has 88 valence electrons. The van der Waals surface area contributed by atoms with E-state index >= 15 is 0 Å². The summed E-state index contributed by atoms with van der Waals surface area (Å²) in [4.78, 5) is 0. The van der Waals surface area contributed by atoms with Crippen molar-refractivity contribution in [2.45, 2.75) is 6.92 Å². The summed E-state index contributed by atoms with van der Waals surface area (Å²) >= 11 is 0. The Balaban J connectivity index is 3.18. The third-order valence-electron chi connectivity index (χ3n) is 1.75. The Morgan fingerprint density at radius 2 is 1.94 bits per heavy atom. The highest BCUT2D eigenvalue weighted by Crippen LogP contribution is 2.16. The van der Waals surface area contributed by atoms with Gasteiger partial charge in [-0.05, 0) is 12.1 Å². The van der Waals surface area contributed by atoms with Crippen molar-refractivity contribution in [2.24, 2.45) is 10.2 Å². The van der Waals surface area contributed by atoms with Crippen LogP contribution in [0.3, 0.4) is 0 Å². The van der Waals surface area contributed by atoms with Crippen LogP contribution in [0.15, 0.2) is 35.4 Å².